The number of nitrogens with zero attached hydrogens (tertiary/aromatic N) is 1. The lowest BCUT2D eigenvalue weighted by atomic mass is 10.2. The fraction of sp³-hybridized carbons (Fsp3) is 0.154. The van der Waals surface area contributed by atoms with E-state index in [4.69, 9.17) is 17.3 Å². The number of benzene rings is 1. The summed E-state index contributed by atoms with van der Waals surface area (Å²) in [6.07, 6.45) is 1.62. The number of pyridine rings is 1. The quantitative estimate of drug-likeness (QED) is 0.854. The van der Waals surface area contributed by atoms with Crippen LogP contribution in [0.2, 0.25) is 5.02 Å². The van der Waals surface area contributed by atoms with Crippen molar-refractivity contribution in [2.75, 3.05) is 5.73 Å². The zero-order valence-electron chi connectivity index (χ0n) is 9.48. The third kappa shape index (κ3) is 3.38. The molecule has 2 N–H and O–H groups in total. The van der Waals surface area contributed by atoms with Gasteiger partial charge in [0.2, 0.25) is 0 Å². The van der Waals surface area contributed by atoms with Crippen LogP contribution in [0.25, 0.3) is 0 Å². The molecule has 2 aromatic rings. The second kappa shape index (κ2) is 5.43. The molecule has 1 heterocycles. The number of rotatable bonds is 3. The van der Waals surface area contributed by atoms with Crippen LogP contribution in [0.4, 0.5) is 5.69 Å². The minimum absolute atomic E-state index is 0.572. The van der Waals surface area contributed by atoms with Gasteiger partial charge in [-0.3, -0.25) is 0 Å². The Balaban J connectivity index is 2.07. The van der Waals surface area contributed by atoms with E-state index in [9.17, 15) is 0 Å². The molecule has 1 aromatic heterocycles. The van der Waals surface area contributed by atoms with E-state index in [1.54, 1.807) is 24.0 Å². The molecule has 0 aliphatic rings. The first kappa shape index (κ1) is 12.3. The monoisotopic (exact) mass is 264 g/mol. The number of aryl methyl sites for hydroxylation is 1. The Morgan fingerprint density at radius 2 is 2.18 bits per heavy atom. The molecule has 0 amide bonds. The van der Waals surface area contributed by atoms with Gasteiger partial charge < -0.3 is 5.73 Å². The Morgan fingerprint density at radius 1 is 1.35 bits per heavy atom. The van der Waals surface area contributed by atoms with Crippen LogP contribution in [-0.2, 0) is 5.75 Å². The van der Waals surface area contributed by atoms with Crippen LogP contribution in [0, 0.1) is 6.92 Å². The number of thioether (sulfide) groups is 1. The molecule has 17 heavy (non-hydrogen) atoms. The van der Waals surface area contributed by atoms with E-state index >= 15 is 0 Å². The maximum absolute atomic E-state index is 5.85. The average molecular weight is 265 g/mol. The van der Waals surface area contributed by atoms with Crippen molar-refractivity contribution in [3.8, 4) is 0 Å². The summed E-state index contributed by atoms with van der Waals surface area (Å²) in [4.78, 5) is 4.22. The normalized spacial score (nSPS) is 10.5. The highest BCUT2D eigenvalue weighted by Gasteiger charge is 2.03. The van der Waals surface area contributed by atoms with Crippen LogP contribution in [0.1, 0.15) is 11.1 Å². The highest BCUT2D eigenvalue weighted by Crippen LogP contribution is 2.27. The molecule has 0 radical (unpaired) electrons. The Morgan fingerprint density at radius 3 is 2.88 bits per heavy atom. The first-order chi connectivity index (χ1) is 8.15. The fourth-order valence-corrected chi connectivity index (χ4v) is 2.52. The van der Waals surface area contributed by atoms with Crippen LogP contribution in [-0.4, -0.2) is 4.98 Å². The van der Waals surface area contributed by atoms with Gasteiger partial charge in [-0.15, -0.1) is 0 Å². The van der Waals surface area contributed by atoms with E-state index in [2.05, 4.69) is 36.2 Å². The molecule has 0 atom stereocenters. The van der Waals surface area contributed by atoms with Crippen molar-refractivity contribution in [3.63, 3.8) is 0 Å². The Labute approximate surface area is 110 Å². The van der Waals surface area contributed by atoms with Gasteiger partial charge in [-0.2, -0.15) is 0 Å². The molecule has 0 fully saturated rings. The van der Waals surface area contributed by atoms with E-state index < -0.39 is 0 Å². The molecular formula is C13H13ClN2S. The van der Waals surface area contributed by atoms with E-state index in [0.717, 1.165) is 10.8 Å². The topological polar surface area (TPSA) is 38.9 Å². The smallest absolute Gasteiger partial charge is 0.119 e. The van der Waals surface area contributed by atoms with E-state index in [1.807, 2.05) is 0 Å². The van der Waals surface area contributed by atoms with E-state index in [-0.39, 0.29) is 0 Å². The summed E-state index contributed by atoms with van der Waals surface area (Å²) in [5, 5.41) is 1.40. The predicted octanol–water partition coefficient (Wildman–Crippen LogP) is 3.92. The van der Waals surface area contributed by atoms with Gasteiger partial charge in [0.1, 0.15) is 5.03 Å². The summed E-state index contributed by atoms with van der Waals surface area (Å²) in [7, 11) is 0. The molecule has 2 rings (SSSR count). The average Bonchev–Trinajstić information content (AvgIpc) is 2.28. The largest absolute Gasteiger partial charge is 0.396 e. The Bertz CT molecular complexity index is 529. The molecule has 0 bridgehead atoms. The Hall–Kier alpha value is -1.19. The van der Waals surface area contributed by atoms with Crippen molar-refractivity contribution < 1.29 is 0 Å². The molecule has 88 valence electrons. The van der Waals surface area contributed by atoms with Crippen molar-refractivity contribution >= 4 is 29.1 Å². The van der Waals surface area contributed by atoms with Crippen molar-refractivity contribution in [2.24, 2.45) is 0 Å². The number of hydrogen-bond acceptors (Lipinski definition) is 3. The minimum Gasteiger partial charge on any atom is -0.396 e. The first-order valence-corrected chi connectivity index (χ1v) is 6.61. The molecule has 0 saturated carbocycles. The summed E-state index contributed by atoms with van der Waals surface area (Å²) in [6.45, 7) is 2.09. The lowest BCUT2D eigenvalue weighted by molar-refractivity contribution is 1.14. The molecule has 4 heteroatoms. The summed E-state index contributed by atoms with van der Waals surface area (Å²) < 4.78 is 0. The van der Waals surface area contributed by atoms with E-state index in [1.165, 1.54) is 11.1 Å². The number of aromatic nitrogens is 1. The molecule has 2 nitrogen and oxygen atoms in total. The highest BCUT2D eigenvalue weighted by atomic mass is 35.5. The Kier molecular flexibility index (Phi) is 3.92. The van der Waals surface area contributed by atoms with Crippen molar-refractivity contribution in [1.82, 2.24) is 4.98 Å². The van der Waals surface area contributed by atoms with Gasteiger partial charge in [-0.1, -0.05) is 53.2 Å². The van der Waals surface area contributed by atoms with Crippen LogP contribution in [0.5, 0.6) is 0 Å². The SMILES string of the molecule is Cc1cccc(CSc2ncc(Cl)cc2N)c1. The summed E-state index contributed by atoms with van der Waals surface area (Å²) in [5.74, 6) is 0.862. The minimum atomic E-state index is 0.572. The van der Waals surface area contributed by atoms with Gasteiger partial charge in [0, 0.05) is 11.9 Å². The molecule has 0 spiro atoms. The number of nitrogens with two attached hydrogens (primary N) is 1. The third-order valence-electron chi connectivity index (χ3n) is 2.30. The zero-order chi connectivity index (χ0) is 12.3. The summed E-state index contributed by atoms with van der Waals surface area (Å²) in [6, 6.07) is 10.1. The van der Waals surface area contributed by atoms with Crippen LogP contribution >= 0.6 is 23.4 Å². The molecule has 0 aliphatic carbocycles. The van der Waals surface area contributed by atoms with E-state index in [0.29, 0.717) is 10.7 Å². The number of nitrogen functional groups attached to an aromatic ring is 1. The van der Waals surface area contributed by atoms with Crippen molar-refractivity contribution in [1.29, 1.82) is 0 Å². The van der Waals surface area contributed by atoms with Crippen molar-refractivity contribution in [3.05, 3.63) is 52.7 Å². The van der Waals surface area contributed by atoms with Gasteiger partial charge >= 0.3 is 0 Å². The summed E-state index contributed by atoms with van der Waals surface area (Å²) >= 11 is 7.43. The summed E-state index contributed by atoms with van der Waals surface area (Å²) in [5.41, 5.74) is 9.02. The molecule has 0 aliphatic heterocycles. The second-order valence-electron chi connectivity index (χ2n) is 3.83. The molecule has 1 aromatic carbocycles. The number of hydrogen-bond donors (Lipinski definition) is 1. The van der Waals surface area contributed by atoms with Gasteiger partial charge in [0.15, 0.2) is 0 Å². The fourth-order valence-electron chi connectivity index (χ4n) is 1.52. The maximum Gasteiger partial charge on any atom is 0.119 e. The standard InChI is InChI=1S/C13H13ClN2S/c1-9-3-2-4-10(5-9)8-17-13-12(15)6-11(14)7-16-13/h2-7H,8,15H2,1H3. The molecule has 0 saturated heterocycles. The molecule has 0 unspecified atom stereocenters. The van der Waals surface area contributed by atoms with Gasteiger partial charge in [-0.05, 0) is 18.6 Å². The zero-order valence-corrected chi connectivity index (χ0v) is 11.1. The second-order valence-corrected chi connectivity index (χ2v) is 5.23. The van der Waals surface area contributed by atoms with Crippen molar-refractivity contribution in [2.45, 2.75) is 17.7 Å². The predicted molar refractivity (Wildman–Crippen MR) is 74.4 cm³/mol. The van der Waals surface area contributed by atoms with Gasteiger partial charge in [0.25, 0.3) is 0 Å². The van der Waals surface area contributed by atoms with Crippen LogP contribution in [0.15, 0.2) is 41.6 Å². The third-order valence-corrected chi connectivity index (χ3v) is 3.60. The number of halogens is 1. The lowest BCUT2D eigenvalue weighted by Gasteiger charge is -2.05. The lowest BCUT2D eigenvalue weighted by Crippen LogP contribution is -1.92. The molecular weight excluding hydrogens is 252 g/mol. The maximum atomic E-state index is 5.85. The first-order valence-electron chi connectivity index (χ1n) is 5.24. The van der Waals surface area contributed by atoms with Crippen LogP contribution in [0.3, 0.4) is 0 Å². The van der Waals surface area contributed by atoms with Gasteiger partial charge in [0.05, 0.1) is 10.7 Å². The van der Waals surface area contributed by atoms with Gasteiger partial charge in [-0.25, -0.2) is 4.98 Å². The number of anilines is 1. The van der Waals surface area contributed by atoms with Crippen LogP contribution < -0.4 is 5.73 Å². The highest BCUT2D eigenvalue weighted by molar-refractivity contribution is 7.98.